The van der Waals surface area contributed by atoms with Crippen LogP contribution in [0.4, 0.5) is 0 Å². The van der Waals surface area contributed by atoms with Gasteiger partial charge >= 0.3 is 0 Å². The van der Waals surface area contributed by atoms with Gasteiger partial charge in [-0.2, -0.15) is 0 Å². The fraction of sp³-hybridized carbons (Fsp3) is 0.0357. The molecule has 1 heterocycles. The van der Waals surface area contributed by atoms with Gasteiger partial charge in [-0.3, -0.25) is 0 Å². The van der Waals surface area contributed by atoms with Gasteiger partial charge in [-0.25, -0.2) is 0 Å². The summed E-state index contributed by atoms with van der Waals surface area (Å²) in [6.45, 7) is 6.34. The molecule has 0 fully saturated rings. The Bertz CT molecular complexity index is 3380. The molecule has 0 aliphatic heterocycles. The first kappa shape index (κ1) is 32.1. The third-order valence-corrected chi connectivity index (χ3v) is 12.9. The van der Waals surface area contributed by atoms with Crippen LogP contribution >= 0.6 is 0 Å². The summed E-state index contributed by atoms with van der Waals surface area (Å²) >= 11 is 0. The molecule has 266 valence electrons. The summed E-state index contributed by atoms with van der Waals surface area (Å²) < 4.78 is 6.55. The van der Waals surface area contributed by atoms with Crippen LogP contribution in [-0.2, 0) is 5.41 Å². The van der Waals surface area contributed by atoms with Gasteiger partial charge in [0.1, 0.15) is 11.2 Å². The molecule has 1 unspecified atom stereocenters. The molecular weight excluding hydrogens is 689 g/mol. The largest absolute Gasteiger partial charge is 0.455 e. The lowest BCUT2D eigenvalue weighted by molar-refractivity contribution is 0.672. The quantitative estimate of drug-likeness (QED) is 0.130. The fourth-order valence-electron chi connectivity index (χ4n) is 10.6. The van der Waals surface area contributed by atoms with Crippen molar-refractivity contribution in [1.82, 2.24) is 0 Å². The second-order valence-electron chi connectivity index (χ2n) is 15.6. The number of fused-ring (bicyclic) bond motifs is 14. The second-order valence-corrected chi connectivity index (χ2v) is 15.6. The first-order valence-corrected chi connectivity index (χ1v) is 19.8. The number of hydrogen-bond donors (Lipinski definition) is 0. The summed E-state index contributed by atoms with van der Waals surface area (Å²) in [6.07, 6.45) is 6.19. The Morgan fingerprint density at radius 3 is 1.74 bits per heavy atom. The van der Waals surface area contributed by atoms with E-state index in [9.17, 15) is 0 Å². The molecule has 1 heteroatoms. The smallest absolute Gasteiger partial charge is 0.143 e. The summed E-state index contributed by atoms with van der Waals surface area (Å²) in [6, 6.07) is 62.8. The van der Waals surface area contributed by atoms with Crippen molar-refractivity contribution in [2.75, 3.05) is 0 Å². The second kappa shape index (κ2) is 11.9. The van der Waals surface area contributed by atoms with Gasteiger partial charge in [-0.15, -0.1) is 0 Å². The average molecular weight is 725 g/mol. The topological polar surface area (TPSA) is 13.1 Å². The molecule has 1 nitrogen and oxygen atoms in total. The Kier molecular flexibility index (Phi) is 6.69. The Balaban J connectivity index is 1.13. The van der Waals surface area contributed by atoms with Crippen molar-refractivity contribution >= 4 is 59.8 Å². The van der Waals surface area contributed by atoms with E-state index < -0.39 is 5.41 Å². The van der Waals surface area contributed by atoms with Gasteiger partial charge in [0.25, 0.3) is 0 Å². The SMILES string of the molecule is C=C/C=C\C1=C(C)C2(c3ccccc31)c1ccccc1-c1ccc(-c3c4ccccc4c(-c4ccc5oc6c7ccccc7ccc6c5c4)c4ccccc34)cc12. The highest BCUT2D eigenvalue weighted by Gasteiger charge is 2.51. The molecule has 1 atom stereocenters. The predicted molar refractivity (Wildman–Crippen MR) is 241 cm³/mol. The van der Waals surface area contributed by atoms with E-state index >= 15 is 0 Å². The Labute approximate surface area is 331 Å². The minimum absolute atomic E-state index is 0.404. The van der Waals surface area contributed by atoms with Crippen molar-refractivity contribution in [3.63, 3.8) is 0 Å². The molecule has 12 rings (SSSR count). The molecule has 1 spiro atoms. The molecule has 1 aromatic heterocycles. The average Bonchev–Trinajstić information content (AvgIpc) is 3.87. The minimum atomic E-state index is -0.404. The zero-order valence-corrected chi connectivity index (χ0v) is 31.5. The van der Waals surface area contributed by atoms with Gasteiger partial charge in [0.15, 0.2) is 0 Å². The summed E-state index contributed by atoms with van der Waals surface area (Å²) in [4.78, 5) is 0. The van der Waals surface area contributed by atoms with Crippen LogP contribution in [-0.4, -0.2) is 0 Å². The highest BCUT2D eigenvalue weighted by molar-refractivity contribution is 6.23. The van der Waals surface area contributed by atoms with Crippen molar-refractivity contribution in [3.8, 4) is 33.4 Å². The first-order valence-electron chi connectivity index (χ1n) is 19.8. The van der Waals surface area contributed by atoms with E-state index in [1.54, 1.807) is 0 Å². The number of allylic oxidation sites excluding steroid dienone is 5. The van der Waals surface area contributed by atoms with Crippen LogP contribution in [0, 0.1) is 0 Å². The minimum Gasteiger partial charge on any atom is -0.455 e. The van der Waals surface area contributed by atoms with Crippen LogP contribution in [0.5, 0.6) is 0 Å². The van der Waals surface area contributed by atoms with E-state index in [2.05, 4.69) is 196 Å². The lowest BCUT2D eigenvalue weighted by atomic mass is 9.69. The fourth-order valence-corrected chi connectivity index (χ4v) is 10.6. The molecule has 0 N–H and O–H groups in total. The molecule has 0 radical (unpaired) electrons. The molecule has 0 saturated carbocycles. The van der Waals surface area contributed by atoms with E-state index in [0.29, 0.717) is 0 Å². The normalized spacial score (nSPS) is 15.8. The highest BCUT2D eigenvalue weighted by atomic mass is 16.3. The Morgan fingerprint density at radius 1 is 0.474 bits per heavy atom. The third kappa shape index (κ3) is 4.23. The highest BCUT2D eigenvalue weighted by Crippen LogP contribution is 2.62. The molecule has 0 saturated heterocycles. The maximum Gasteiger partial charge on any atom is 0.143 e. The monoisotopic (exact) mass is 724 g/mol. The maximum atomic E-state index is 6.55. The molecule has 0 bridgehead atoms. The van der Waals surface area contributed by atoms with Crippen LogP contribution in [0.25, 0.3) is 93.2 Å². The summed E-state index contributed by atoms with van der Waals surface area (Å²) in [5, 5.41) is 9.57. The van der Waals surface area contributed by atoms with Gasteiger partial charge in [0.05, 0.1) is 5.41 Å². The van der Waals surface area contributed by atoms with E-state index in [4.69, 9.17) is 4.42 Å². The van der Waals surface area contributed by atoms with Gasteiger partial charge < -0.3 is 4.42 Å². The summed E-state index contributed by atoms with van der Waals surface area (Å²) in [7, 11) is 0. The van der Waals surface area contributed by atoms with Gasteiger partial charge in [0, 0.05) is 16.2 Å². The number of furan rings is 1. The standard InChI is InChI=1S/C56H36O/c1-3-4-16-38-34(2)56(49-24-13-11-18-40(38)49)50-25-14-12-19-41(50)42-29-27-37(33-51(42)56)54-45-22-9-7-20-43(45)53(44-21-8-10-23-46(44)54)36-28-31-52-48(32-36)47-30-26-35-15-5-6-17-39(35)55(47)57-52/h3-33H,1H2,2H3/b16-4-. The number of hydrogen-bond acceptors (Lipinski definition) is 1. The molecule has 57 heavy (non-hydrogen) atoms. The van der Waals surface area contributed by atoms with Gasteiger partial charge in [-0.05, 0) is 125 Å². The lowest BCUT2D eigenvalue weighted by Crippen LogP contribution is -2.26. The number of rotatable bonds is 4. The van der Waals surface area contributed by atoms with Crippen LogP contribution in [0.1, 0.15) is 29.2 Å². The maximum absolute atomic E-state index is 6.55. The summed E-state index contributed by atoms with van der Waals surface area (Å²) in [5.74, 6) is 0. The molecule has 2 aliphatic carbocycles. The predicted octanol–water partition coefficient (Wildman–Crippen LogP) is 15.2. The Hall–Kier alpha value is -7.22. The molecule has 2 aliphatic rings. The van der Waals surface area contributed by atoms with Crippen LogP contribution in [0.2, 0.25) is 0 Å². The van der Waals surface area contributed by atoms with Gasteiger partial charge in [0.2, 0.25) is 0 Å². The van der Waals surface area contributed by atoms with E-state index in [1.807, 2.05) is 6.08 Å². The van der Waals surface area contributed by atoms with Crippen molar-refractivity contribution in [2.45, 2.75) is 12.3 Å². The zero-order chi connectivity index (χ0) is 37.8. The summed E-state index contributed by atoms with van der Waals surface area (Å²) in [5.41, 5.74) is 16.9. The molecular formula is C56H36O. The molecule has 10 aromatic rings. The van der Waals surface area contributed by atoms with E-state index in [0.717, 1.165) is 27.3 Å². The van der Waals surface area contributed by atoms with Crippen molar-refractivity contribution in [3.05, 3.63) is 222 Å². The lowest BCUT2D eigenvalue weighted by Gasteiger charge is -2.31. The van der Waals surface area contributed by atoms with Crippen LogP contribution in [0.15, 0.2) is 205 Å². The van der Waals surface area contributed by atoms with Crippen molar-refractivity contribution in [1.29, 1.82) is 0 Å². The van der Waals surface area contributed by atoms with Crippen molar-refractivity contribution < 1.29 is 4.42 Å². The zero-order valence-electron chi connectivity index (χ0n) is 31.5. The first-order chi connectivity index (χ1) is 28.2. The number of benzene rings is 9. The van der Waals surface area contributed by atoms with Crippen LogP contribution in [0.3, 0.4) is 0 Å². The van der Waals surface area contributed by atoms with E-state index in [-0.39, 0.29) is 0 Å². The van der Waals surface area contributed by atoms with E-state index in [1.165, 1.54) is 93.7 Å². The van der Waals surface area contributed by atoms with Gasteiger partial charge in [-0.1, -0.05) is 170 Å². The molecule has 9 aromatic carbocycles. The molecule has 0 amide bonds. The van der Waals surface area contributed by atoms with Crippen LogP contribution < -0.4 is 0 Å². The third-order valence-electron chi connectivity index (χ3n) is 12.9. The Morgan fingerprint density at radius 2 is 1.04 bits per heavy atom. The van der Waals surface area contributed by atoms with Crippen molar-refractivity contribution in [2.24, 2.45) is 0 Å².